The van der Waals surface area contributed by atoms with Gasteiger partial charge in [-0.3, -0.25) is 0 Å². The van der Waals surface area contributed by atoms with Gasteiger partial charge in [-0.25, -0.2) is 0 Å². The van der Waals surface area contributed by atoms with Crippen molar-refractivity contribution in [1.29, 1.82) is 0 Å². The van der Waals surface area contributed by atoms with Crippen molar-refractivity contribution in [2.24, 2.45) is 0 Å². The van der Waals surface area contributed by atoms with Gasteiger partial charge in [-0.1, -0.05) is 37.3 Å². The van der Waals surface area contributed by atoms with Gasteiger partial charge in [-0.15, -0.1) is 0 Å². The largest absolute Gasteiger partial charge is 0.368 e. The molecule has 0 aromatic heterocycles. The predicted molar refractivity (Wildman–Crippen MR) is 84.5 cm³/mol. The molecule has 6 rings (SSSR count). The zero-order valence-electron chi connectivity index (χ0n) is 12.3. The third kappa shape index (κ3) is 1.56. The molecular formula is C19H21N. The van der Waals surface area contributed by atoms with E-state index in [0.29, 0.717) is 12.0 Å². The highest BCUT2D eigenvalue weighted by Gasteiger charge is 2.31. The van der Waals surface area contributed by atoms with Crippen molar-refractivity contribution in [2.45, 2.75) is 38.1 Å². The molecule has 0 radical (unpaired) electrons. The van der Waals surface area contributed by atoms with Gasteiger partial charge in [0.15, 0.2) is 0 Å². The van der Waals surface area contributed by atoms with E-state index in [9.17, 15) is 0 Å². The van der Waals surface area contributed by atoms with Crippen molar-refractivity contribution in [3.05, 3.63) is 64.7 Å². The molecule has 102 valence electrons. The average molecular weight is 263 g/mol. The summed E-state index contributed by atoms with van der Waals surface area (Å²) in [5.41, 5.74) is 7.58. The second kappa shape index (κ2) is 4.37. The molecule has 4 aliphatic rings. The fourth-order valence-electron chi connectivity index (χ4n) is 4.12. The molecule has 0 amide bonds. The molecule has 0 fully saturated rings. The lowest BCUT2D eigenvalue weighted by atomic mass is 9.76. The molecule has 0 N–H and O–H groups in total. The van der Waals surface area contributed by atoms with E-state index in [-0.39, 0.29) is 0 Å². The molecule has 1 aliphatic carbocycles. The van der Waals surface area contributed by atoms with Gasteiger partial charge in [-0.2, -0.15) is 0 Å². The Morgan fingerprint density at radius 1 is 1.05 bits per heavy atom. The second-order valence-electron chi connectivity index (χ2n) is 6.14. The maximum absolute atomic E-state index is 2.47. The van der Waals surface area contributed by atoms with Crippen LogP contribution in [0.1, 0.15) is 54.0 Å². The van der Waals surface area contributed by atoms with Crippen molar-refractivity contribution < 1.29 is 0 Å². The van der Waals surface area contributed by atoms with Gasteiger partial charge in [0.1, 0.15) is 0 Å². The van der Waals surface area contributed by atoms with Gasteiger partial charge in [0.2, 0.25) is 0 Å². The van der Waals surface area contributed by atoms with Crippen molar-refractivity contribution in [2.75, 3.05) is 11.9 Å². The second-order valence-corrected chi connectivity index (χ2v) is 6.14. The highest BCUT2D eigenvalue weighted by molar-refractivity contribution is 5.59. The minimum atomic E-state index is 0.522. The molecular weight excluding hydrogens is 242 g/mol. The predicted octanol–water partition coefficient (Wildman–Crippen LogP) is 4.67. The Hall–Kier alpha value is -1.76. The maximum atomic E-state index is 2.47. The van der Waals surface area contributed by atoms with E-state index in [1.807, 2.05) is 0 Å². The molecule has 2 aromatic carbocycles. The van der Waals surface area contributed by atoms with E-state index in [2.05, 4.69) is 61.3 Å². The van der Waals surface area contributed by atoms with Crippen LogP contribution in [0.25, 0.3) is 0 Å². The molecule has 0 saturated carbocycles. The third-order valence-electron chi connectivity index (χ3n) is 5.21. The van der Waals surface area contributed by atoms with Gasteiger partial charge < -0.3 is 4.90 Å². The average Bonchev–Trinajstić information content (AvgIpc) is 2.46. The summed E-state index contributed by atoms with van der Waals surface area (Å²) in [4.78, 5) is 2.47. The number of hydrogen-bond donors (Lipinski definition) is 0. The van der Waals surface area contributed by atoms with E-state index in [1.54, 1.807) is 22.3 Å². The van der Waals surface area contributed by atoms with Crippen LogP contribution in [0.3, 0.4) is 0 Å². The molecule has 1 nitrogen and oxygen atoms in total. The topological polar surface area (TPSA) is 3.24 Å². The first kappa shape index (κ1) is 12.0. The van der Waals surface area contributed by atoms with Crippen molar-refractivity contribution in [1.82, 2.24) is 0 Å². The number of nitrogens with zero attached hydrogens (tertiary/aromatic N) is 1. The lowest BCUT2D eigenvalue weighted by Crippen LogP contribution is -2.30. The van der Waals surface area contributed by atoms with Crippen LogP contribution in [0.4, 0.5) is 5.69 Å². The normalized spacial score (nSPS) is 23.2. The van der Waals surface area contributed by atoms with Crippen molar-refractivity contribution >= 4 is 5.69 Å². The quantitative estimate of drug-likeness (QED) is 0.723. The maximum Gasteiger partial charge on any atom is 0.0545 e. The monoisotopic (exact) mass is 263 g/mol. The van der Waals surface area contributed by atoms with Crippen LogP contribution >= 0.6 is 0 Å². The Balaban J connectivity index is 2.06. The molecule has 3 heterocycles. The van der Waals surface area contributed by atoms with Crippen LogP contribution in [0, 0.1) is 0 Å². The van der Waals surface area contributed by atoms with E-state index in [4.69, 9.17) is 0 Å². The molecule has 4 bridgehead atoms. The lowest BCUT2D eigenvalue weighted by molar-refractivity contribution is 0.572. The Labute approximate surface area is 121 Å². The summed E-state index contributed by atoms with van der Waals surface area (Å²) >= 11 is 0. The van der Waals surface area contributed by atoms with Gasteiger partial charge in [0.05, 0.1) is 6.04 Å². The number of anilines is 1. The van der Waals surface area contributed by atoms with Gasteiger partial charge in [0, 0.05) is 18.7 Å². The van der Waals surface area contributed by atoms with Crippen LogP contribution in [0.15, 0.2) is 42.5 Å². The Morgan fingerprint density at radius 3 is 2.65 bits per heavy atom. The Kier molecular flexibility index (Phi) is 2.63. The molecule has 0 spiro atoms. The van der Waals surface area contributed by atoms with Crippen LogP contribution in [0.5, 0.6) is 0 Å². The fourth-order valence-corrected chi connectivity index (χ4v) is 4.12. The highest BCUT2D eigenvalue weighted by atomic mass is 15.1. The van der Waals surface area contributed by atoms with Crippen molar-refractivity contribution in [3.63, 3.8) is 0 Å². The Bertz CT molecular complexity index is 659. The number of fused-ring (bicyclic) bond motifs is 1. The molecule has 2 unspecified atom stereocenters. The SMILES string of the molecule is CCC1c2cc3ccc2CCC(c2ccccc21)N3C. The van der Waals surface area contributed by atoms with E-state index >= 15 is 0 Å². The third-order valence-corrected chi connectivity index (χ3v) is 5.21. The van der Waals surface area contributed by atoms with Crippen molar-refractivity contribution in [3.8, 4) is 0 Å². The van der Waals surface area contributed by atoms with Gasteiger partial charge in [0.25, 0.3) is 0 Å². The minimum absolute atomic E-state index is 0.522. The first-order valence-corrected chi connectivity index (χ1v) is 7.74. The standard InChI is InChI=1S/C19H21N/c1-3-15-16-6-4-5-7-17(16)19-11-9-13-8-10-14(20(19)2)12-18(13)15/h4-8,10,12,15,19H,3,9,11H2,1-2H3. The molecule has 1 heteroatoms. The van der Waals surface area contributed by atoms with E-state index < -0.39 is 0 Å². The first-order valence-electron chi connectivity index (χ1n) is 7.74. The highest BCUT2D eigenvalue weighted by Crippen LogP contribution is 2.45. The fraction of sp³-hybridized carbons (Fsp3) is 0.368. The smallest absolute Gasteiger partial charge is 0.0545 e. The summed E-state index contributed by atoms with van der Waals surface area (Å²) in [6.07, 6.45) is 3.61. The summed E-state index contributed by atoms with van der Waals surface area (Å²) in [6, 6.07) is 16.7. The minimum Gasteiger partial charge on any atom is -0.368 e. The number of hydrogen-bond acceptors (Lipinski definition) is 1. The molecule has 3 aliphatic heterocycles. The molecule has 0 saturated heterocycles. The zero-order chi connectivity index (χ0) is 13.7. The van der Waals surface area contributed by atoms with Crippen LogP contribution in [0.2, 0.25) is 0 Å². The number of aryl methyl sites for hydroxylation is 1. The Morgan fingerprint density at radius 2 is 1.85 bits per heavy atom. The summed E-state index contributed by atoms with van der Waals surface area (Å²) < 4.78 is 0. The zero-order valence-corrected chi connectivity index (χ0v) is 12.3. The van der Waals surface area contributed by atoms with Crippen LogP contribution < -0.4 is 4.90 Å². The summed E-state index contributed by atoms with van der Waals surface area (Å²) in [6.45, 7) is 2.32. The van der Waals surface area contributed by atoms with Crippen LogP contribution in [-0.4, -0.2) is 7.05 Å². The summed E-state index contributed by atoms with van der Waals surface area (Å²) in [5.74, 6) is 0.567. The van der Waals surface area contributed by atoms with Gasteiger partial charge in [-0.05, 0) is 53.6 Å². The van der Waals surface area contributed by atoms with E-state index in [0.717, 1.165) is 0 Å². The van der Waals surface area contributed by atoms with Crippen LogP contribution in [-0.2, 0) is 6.42 Å². The van der Waals surface area contributed by atoms with E-state index in [1.165, 1.54) is 24.9 Å². The molecule has 20 heavy (non-hydrogen) atoms. The number of benzene rings is 2. The number of rotatable bonds is 1. The summed E-state index contributed by atoms with van der Waals surface area (Å²) in [5, 5.41) is 0. The molecule has 2 aromatic rings. The lowest BCUT2D eigenvalue weighted by Gasteiger charge is -2.39. The molecule has 2 atom stereocenters. The first-order chi connectivity index (χ1) is 9.79. The summed E-state index contributed by atoms with van der Waals surface area (Å²) in [7, 11) is 2.25. The van der Waals surface area contributed by atoms with Gasteiger partial charge >= 0.3 is 0 Å².